The molecule has 5 amide bonds. The van der Waals surface area contributed by atoms with Gasteiger partial charge in [0.05, 0.1) is 6.04 Å². The Kier molecular flexibility index (Phi) is 9.71. The summed E-state index contributed by atoms with van der Waals surface area (Å²) in [6.07, 6.45) is 4.96. The predicted molar refractivity (Wildman–Crippen MR) is 168 cm³/mol. The van der Waals surface area contributed by atoms with Crippen molar-refractivity contribution in [3.8, 4) is 0 Å². The maximum Gasteiger partial charge on any atom is 0.315 e. The van der Waals surface area contributed by atoms with Crippen LogP contribution in [-0.4, -0.2) is 71.2 Å². The lowest BCUT2D eigenvalue weighted by Crippen LogP contribution is -2.61. The van der Waals surface area contributed by atoms with Gasteiger partial charge in [-0.25, -0.2) is 4.79 Å². The second-order valence-corrected chi connectivity index (χ2v) is 13.9. The Balaban J connectivity index is 1.59. The average molecular weight is 606 g/mol. The van der Waals surface area contributed by atoms with Crippen molar-refractivity contribution in [1.29, 1.82) is 0 Å². The molecule has 1 heterocycles. The smallest absolute Gasteiger partial charge is 0.315 e. The fourth-order valence-corrected chi connectivity index (χ4v) is 6.94. The highest BCUT2D eigenvalue weighted by Gasteiger charge is 2.69. The van der Waals surface area contributed by atoms with Gasteiger partial charge < -0.3 is 26.2 Å². The number of hydrogen-bond donors (Lipinski definition) is 4. The zero-order valence-electron chi connectivity index (χ0n) is 26.6. The van der Waals surface area contributed by atoms with Gasteiger partial charge >= 0.3 is 6.03 Å². The Bertz CT molecular complexity index is 1310. The molecule has 0 aromatic heterocycles. The number of carbonyl (C=O) groups excluding carboxylic acids is 5. The maximum absolute atomic E-state index is 14.4. The van der Waals surface area contributed by atoms with E-state index < -0.39 is 47.3 Å². The van der Waals surface area contributed by atoms with Crippen LogP contribution in [0, 0.1) is 23.2 Å². The van der Waals surface area contributed by atoms with Crippen molar-refractivity contribution in [2.24, 2.45) is 23.2 Å². The third-order valence-electron chi connectivity index (χ3n) is 9.28. The fourth-order valence-electron chi connectivity index (χ4n) is 6.94. The monoisotopic (exact) mass is 605 g/mol. The van der Waals surface area contributed by atoms with E-state index in [1.165, 1.54) is 6.08 Å². The number of piperidine rings is 1. The van der Waals surface area contributed by atoms with Crippen LogP contribution in [0.4, 0.5) is 4.79 Å². The van der Waals surface area contributed by atoms with Crippen LogP contribution >= 0.6 is 0 Å². The molecule has 0 spiro atoms. The van der Waals surface area contributed by atoms with Crippen LogP contribution in [0.5, 0.6) is 0 Å². The van der Waals surface area contributed by atoms with E-state index in [2.05, 4.69) is 48.3 Å². The van der Waals surface area contributed by atoms with Crippen molar-refractivity contribution in [1.82, 2.24) is 26.2 Å². The van der Waals surface area contributed by atoms with E-state index in [1.807, 2.05) is 45.0 Å². The summed E-state index contributed by atoms with van der Waals surface area (Å²) in [5, 5.41) is 11.1. The predicted octanol–water partition coefficient (Wildman–Crippen LogP) is 2.67. The van der Waals surface area contributed by atoms with Crippen molar-refractivity contribution >= 4 is 29.5 Å². The van der Waals surface area contributed by atoms with E-state index in [9.17, 15) is 24.0 Å². The van der Waals surface area contributed by atoms with Crippen LogP contribution in [0.1, 0.15) is 58.6 Å². The van der Waals surface area contributed by atoms with E-state index >= 15 is 0 Å². The van der Waals surface area contributed by atoms with E-state index in [0.29, 0.717) is 25.8 Å². The first-order chi connectivity index (χ1) is 20.7. The number of rotatable bonds is 12. The summed E-state index contributed by atoms with van der Waals surface area (Å²) in [5.74, 6) is -2.54. The highest BCUT2D eigenvalue weighted by molar-refractivity contribution is 6.38. The molecule has 10 heteroatoms. The lowest BCUT2D eigenvalue weighted by Gasteiger charge is -2.35. The number of benzene rings is 1. The van der Waals surface area contributed by atoms with E-state index in [1.54, 1.807) is 11.0 Å². The van der Waals surface area contributed by atoms with Crippen molar-refractivity contribution in [3.05, 3.63) is 60.7 Å². The number of hydrogen-bond acceptors (Lipinski definition) is 5. The minimum Gasteiger partial charge on any atom is -0.346 e. The molecule has 2 fully saturated rings. The molecular formula is C34H47N5O5. The first kappa shape index (κ1) is 33.0. The summed E-state index contributed by atoms with van der Waals surface area (Å²) < 4.78 is 0. The van der Waals surface area contributed by atoms with Gasteiger partial charge in [-0.15, -0.1) is 13.2 Å². The number of fused-ring (bicyclic) bond motifs is 2. The highest BCUT2D eigenvalue weighted by Crippen LogP contribution is 2.65. The van der Waals surface area contributed by atoms with Gasteiger partial charge in [-0.1, -0.05) is 50.3 Å². The fraction of sp³-hybridized carbons (Fsp3) is 0.559. The Hall–Kier alpha value is -3.95. The van der Waals surface area contributed by atoms with E-state index in [0.717, 1.165) is 11.1 Å². The van der Waals surface area contributed by atoms with Gasteiger partial charge in [0.2, 0.25) is 17.6 Å². The summed E-state index contributed by atoms with van der Waals surface area (Å²) >= 11 is 0. The van der Waals surface area contributed by atoms with E-state index in [4.69, 9.17) is 0 Å². The molecule has 0 bridgehead atoms. The van der Waals surface area contributed by atoms with Crippen LogP contribution < -0.4 is 21.3 Å². The molecule has 44 heavy (non-hydrogen) atoms. The Labute approximate surface area is 260 Å². The summed E-state index contributed by atoms with van der Waals surface area (Å²) in [7, 11) is 0. The van der Waals surface area contributed by atoms with Gasteiger partial charge in [-0.2, -0.15) is 0 Å². The number of Topliss-reactive ketones (excluding diaryl/α,β-unsaturated/α-hetero) is 1. The summed E-state index contributed by atoms with van der Waals surface area (Å²) in [5.41, 5.74) is 1.61. The Morgan fingerprint density at radius 1 is 1.02 bits per heavy atom. The molecule has 3 aliphatic rings. The SMILES string of the molecule is C=CCCC(NC(=O)[C@@H]1[C@H]2[C@@H](CN1C(=O)[C@@H](NC(=O)NC(C)(C)C)C1Cc3ccccc3C1)C2(C)C)C(=O)C(=O)NCC=C. The van der Waals surface area contributed by atoms with Crippen molar-refractivity contribution in [3.63, 3.8) is 0 Å². The molecule has 1 unspecified atom stereocenters. The number of urea groups is 1. The summed E-state index contributed by atoms with van der Waals surface area (Å²) in [4.78, 5) is 68.7. The Morgan fingerprint density at radius 2 is 1.66 bits per heavy atom. The highest BCUT2D eigenvalue weighted by atomic mass is 16.2. The molecule has 2 aliphatic carbocycles. The van der Waals surface area contributed by atoms with Crippen LogP contribution in [0.25, 0.3) is 0 Å². The normalized spacial score (nSPS) is 22.9. The van der Waals surface area contributed by atoms with Crippen molar-refractivity contribution in [2.45, 2.75) is 84.0 Å². The van der Waals surface area contributed by atoms with Gasteiger partial charge in [-0.3, -0.25) is 19.2 Å². The van der Waals surface area contributed by atoms with Gasteiger partial charge in [0, 0.05) is 18.6 Å². The number of allylic oxidation sites excluding steroid dienone is 1. The van der Waals surface area contributed by atoms with Gasteiger partial charge in [0.25, 0.3) is 5.91 Å². The largest absolute Gasteiger partial charge is 0.346 e. The lowest BCUT2D eigenvalue weighted by molar-refractivity contribution is -0.144. The van der Waals surface area contributed by atoms with Crippen molar-refractivity contribution < 1.29 is 24.0 Å². The number of likely N-dealkylation sites (tertiary alicyclic amines) is 1. The quantitative estimate of drug-likeness (QED) is 0.215. The topological polar surface area (TPSA) is 137 Å². The zero-order chi connectivity index (χ0) is 32.4. The van der Waals surface area contributed by atoms with Gasteiger partial charge in [0.1, 0.15) is 12.1 Å². The molecule has 1 saturated heterocycles. The second kappa shape index (κ2) is 13.0. The molecule has 1 saturated carbocycles. The van der Waals surface area contributed by atoms with E-state index in [-0.39, 0.29) is 42.0 Å². The minimum atomic E-state index is -1.07. The number of amides is 5. The number of carbonyl (C=O) groups is 5. The Morgan fingerprint density at radius 3 is 2.23 bits per heavy atom. The molecule has 1 aromatic rings. The molecule has 4 N–H and O–H groups in total. The van der Waals surface area contributed by atoms with Crippen LogP contribution in [0.15, 0.2) is 49.6 Å². The van der Waals surface area contributed by atoms with Crippen LogP contribution in [0.2, 0.25) is 0 Å². The van der Waals surface area contributed by atoms with Crippen LogP contribution in [-0.2, 0) is 32.0 Å². The number of nitrogens with zero attached hydrogens (tertiary/aromatic N) is 1. The first-order valence-corrected chi connectivity index (χ1v) is 15.5. The third kappa shape index (κ3) is 7.05. The minimum absolute atomic E-state index is 0.102. The number of nitrogens with one attached hydrogen (secondary N) is 4. The third-order valence-corrected chi connectivity index (χ3v) is 9.28. The molecule has 1 aromatic carbocycles. The van der Waals surface area contributed by atoms with Gasteiger partial charge in [-0.05, 0) is 80.8 Å². The maximum atomic E-state index is 14.4. The van der Waals surface area contributed by atoms with Crippen LogP contribution in [0.3, 0.4) is 0 Å². The molecule has 1 aliphatic heterocycles. The molecule has 10 nitrogen and oxygen atoms in total. The molecule has 238 valence electrons. The number of ketones is 1. The van der Waals surface area contributed by atoms with Gasteiger partial charge in [0.15, 0.2) is 0 Å². The van der Waals surface area contributed by atoms with Crippen molar-refractivity contribution in [2.75, 3.05) is 13.1 Å². The molecule has 5 atom stereocenters. The molecule has 4 rings (SSSR count). The lowest BCUT2D eigenvalue weighted by atomic mass is 9.93. The standard InChI is InChI=1S/C34H47N5O5/c1-8-10-15-24(28(40)30(42)35-16-9-2)36-29(41)27-25-23(34(25,6)7)19-39(27)31(43)26(37-32(44)38-33(3,4)5)22-17-20-13-11-12-14-21(20)18-22/h8-9,11-14,22-27H,1-2,10,15-19H2,3-7H3,(H,35,42)(H,36,41)(H2,37,38,44)/t23-,24?,25-,26+,27+/m1/s1. The summed E-state index contributed by atoms with van der Waals surface area (Å²) in [6, 6.07) is 4.81. The molecular weight excluding hydrogens is 558 g/mol. The second-order valence-electron chi connectivity index (χ2n) is 13.9. The first-order valence-electron chi connectivity index (χ1n) is 15.5. The summed E-state index contributed by atoms with van der Waals surface area (Å²) in [6.45, 7) is 17.5. The average Bonchev–Trinajstić information content (AvgIpc) is 3.33. The molecule has 0 radical (unpaired) electrons. The zero-order valence-corrected chi connectivity index (χ0v) is 26.6.